The van der Waals surface area contributed by atoms with Gasteiger partial charge in [0.25, 0.3) is 0 Å². The fraction of sp³-hybridized carbons (Fsp3) is 0.167. The highest BCUT2D eigenvalue weighted by molar-refractivity contribution is 6.08. The van der Waals surface area contributed by atoms with Crippen LogP contribution in [0.25, 0.3) is 12.2 Å². The molecule has 0 saturated heterocycles. The van der Waals surface area contributed by atoms with Crippen LogP contribution in [0.2, 0.25) is 0 Å². The van der Waals surface area contributed by atoms with Gasteiger partial charge in [-0.2, -0.15) is 0 Å². The average Bonchev–Trinajstić information content (AvgIpc) is 3.02. The van der Waals surface area contributed by atoms with E-state index in [1.807, 2.05) is 24.3 Å². The summed E-state index contributed by atoms with van der Waals surface area (Å²) in [5.74, 6) is 2.38. The summed E-state index contributed by atoms with van der Waals surface area (Å²) in [6.07, 6.45) is 6.44. The van der Waals surface area contributed by atoms with Crippen LogP contribution in [-0.4, -0.2) is 50.2 Å². The molecule has 0 bridgehead atoms. The van der Waals surface area contributed by atoms with Gasteiger partial charge in [0.15, 0.2) is 23.1 Å². The molecule has 0 aromatic heterocycles. The Bertz CT molecular complexity index is 1640. The quantitative estimate of drug-likeness (QED) is 0.146. The Morgan fingerprint density at radius 1 is 0.568 bits per heavy atom. The van der Waals surface area contributed by atoms with E-state index >= 15 is 0 Å². The van der Waals surface area contributed by atoms with E-state index in [-0.39, 0.29) is 23.1 Å². The topological polar surface area (TPSA) is 112 Å². The first-order chi connectivity index (χ1) is 21.1. The second kappa shape index (κ2) is 15.7. The van der Waals surface area contributed by atoms with Crippen LogP contribution in [0.15, 0.2) is 84.9 Å². The molecule has 0 fully saturated rings. The minimum atomic E-state index is -0.152. The molecule has 0 radical (unpaired) electrons. The van der Waals surface area contributed by atoms with Crippen LogP contribution < -0.4 is 18.9 Å². The number of phenolic OH excluding ortho intramolecular Hbond substituents is 2. The summed E-state index contributed by atoms with van der Waals surface area (Å²) in [4.78, 5) is 24.4. The van der Waals surface area contributed by atoms with E-state index in [0.29, 0.717) is 28.4 Å². The summed E-state index contributed by atoms with van der Waals surface area (Å²) < 4.78 is 20.9. The van der Waals surface area contributed by atoms with Gasteiger partial charge in [-0.3, -0.25) is 9.59 Å². The smallest absolute Gasteiger partial charge is 0.203 e. The van der Waals surface area contributed by atoms with Crippen molar-refractivity contribution < 1.29 is 38.7 Å². The van der Waals surface area contributed by atoms with Crippen molar-refractivity contribution in [2.75, 3.05) is 28.4 Å². The Hall–Kier alpha value is -5.50. The lowest BCUT2D eigenvalue weighted by atomic mass is 10.0. The van der Waals surface area contributed by atoms with E-state index in [0.717, 1.165) is 28.0 Å². The molecule has 4 aromatic rings. The average molecular weight is 597 g/mol. The number of methoxy groups -OCH3 is 4. The number of aryl methyl sites for hydroxylation is 2. The number of phenols is 2. The van der Waals surface area contributed by atoms with E-state index in [9.17, 15) is 19.8 Å². The van der Waals surface area contributed by atoms with Crippen LogP contribution in [0, 0.1) is 13.8 Å². The fourth-order valence-electron chi connectivity index (χ4n) is 4.28. The first kappa shape index (κ1) is 33.0. The molecule has 0 unspecified atom stereocenters. The van der Waals surface area contributed by atoms with Crippen molar-refractivity contribution >= 4 is 23.7 Å². The minimum Gasteiger partial charge on any atom is -0.508 e. The first-order valence-electron chi connectivity index (χ1n) is 13.6. The maximum Gasteiger partial charge on any atom is 0.203 e. The van der Waals surface area contributed by atoms with Crippen molar-refractivity contribution in [3.8, 4) is 34.5 Å². The van der Waals surface area contributed by atoms with Crippen LogP contribution in [0.4, 0.5) is 0 Å². The number of carbonyl (C=O) groups excluding carboxylic acids is 2. The molecule has 8 heteroatoms. The van der Waals surface area contributed by atoms with Crippen molar-refractivity contribution in [2.45, 2.75) is 13.8 Å². The first-order valence-corrected chi connectivity index (χ1v) is 13.6. The molecule has 0 spiro atoms. The second-order valence-electron chi connectivity index (χ2n) is 9.63. The maximum absolute atomic E-state index is 12.3. The number of allylic oxidation sites excluding steroid dienone is 2. The van der Waals surface area contributed by atoms with Crippen LogP contribution in [0.3, 0.4) is 0 Å². The summed E-state index contributed by atoms with van der Waals surface area (Å²) in [6, 6.07) is 20.3. The highest BCUT2D eigenvalue weighted by atomic mass is 16.5. The van der Waals surface area contributed by atoms with Gasteiger partial charge in [-0.25, -0.2) is 0 Å². The van der Waals surface area contributed by atoms with E-state index < -0.39 is 0 Å². The molecule has 0 saturated carbocycles. The number of rotatable bonds is 10. The summed E-state index contributed by atoms with van der Waals surface area (Å²) in [5.41, 5.74) is 4.28. The standard InChI is InChI=1S/C19H20O5.C17H16O3/c1-12-9-14(20)6-7-15(12)16(21)8-5-13-10-17(22-2)19(24-4)18(11-13)23-3;1-12-11-14(18)6-9-16(12)17(19)10-5-13-3-7-15(20-2)8-4-13/h5-11,20H,1-4H3;3-11,18H,1-2H3/b8-5+;. The zero-order valence-electron chi connectivity index (χ0n) is 25.6. The van der Waals surface area contributed by atoms with Gasteiger partial charge in [0.1, 0.15) is 17.2 Å². The zero-order chi connectivity index (χ0) is 32.2. The number of ether oxygens (including phenoxy) is 4. The molecular weight excluding hydrogens is 560 g/mol. The van der Waals surface area contributed by atoms with Crippen LogP contribution in [0.5, 0.6) is 34.5 Å². The molecule has 4 aromatic carbocycles. The normalized spacial score (nSPS) is 10.7. The molecule has 4 rings (SSSR count). The van der Waals surface area contributed by atoms with Gasteiger partial charge in [0.05, 0.1) is 28.4 Å². The van der Waals surface area contributed by atoms with Gasteiger partial charge in [0, 0.05) is 11.1 Å². The Balaban J connectivity index is 0.000000244. The van der Waals surface area contributed by atoms with Gasteiger partial charge < -0.3 is 29.2 Å². The molecule has 0 amide bonds. The Kier molecular flexibility index (Phi) is 11.7. The monoisotopic (exact) mass is 596 g/mol. The number of carbonyl (C=O) groups is 2. The van der Waals surface area contributed by atoms with Gasteiger partial charge in [-0.15, -0.1) is 0 Å². The Morgan fingerprint density at radius 2 is 1.02 bits per heavy atom. The lowest BCUT2D eigenvalue weighted by molar-refractivity contribution is 0.103. The van der Waals surface area contributed by atoms with Crippen LogP contribution in [-0.2, 0) is 0 Å². The predicted octanol–water partition coefficient (Wildman–Crippen LogP) is 7.23. The number of ketones is 2. The van der Waals surface area contributed by atoms with Gasteiger partial charge in [-0.1, -0.05) is 24.3 Å². The number of hydrogen-bond donors (Lipinski definition) is 2. The lowest BCUT2D eigenvalue weighted by Crippen LogP contribution is -1.98. The highest BCUT2D eigenvalue weighted by Crippen LogP contribution is 2.38. The third-order valence-corrected chi connectivity index (χ3v) is 6.61. The summed E-state index contributed by atoms with van der Waals surface area (Å²) in [5, 5.41) is 18.8. The largest absolute Gasteiger partial charge is 0.508 e. The van der Waals surface area contributed by atoms with Gasteiger partial charge >= 0.3 is 0 Å². The van der Waals surface area contributed by atoms with Gasteiger partial charge in [-0.05, 0) is 109 Å². The highest BCUT2D eigenvalue weighted by Gasteiger charge is 2.13. The zero-order valence-corrected chi connectivity index (χ0v) is 25.6. The second-order valence-corrected chi connectivity index (χ2v) is 9.63. The third-order valence-electron chi connectivity index (χ3n) is 6.61. The van der Waals surface area contributed by atoms with E-state index in [2.05, 4.69) is 0 Å². The molecule has 44 heavy (non-hydrogen) atoms. The summed E-state index contributed by atoms with van der Waals surface area (Å²) in [7, 11) is 6.22. The van der Waals surface area contributed by atoms with Crippen molar-refractivity contribution in [3.05, 3.63) is 118 Å². The van der Waals surface area contributed by atoms with E-state index in [1.54, 1.807) is 69.5 Å². The third kappa shape index (κ3) is 8.75. The molecule has 0 aliphatic carbocycles. The summed E-state index contributed by atoms with van der Waals surface area (Å²) >= 11 is 0. The van der Waals surface area contributed by atoms with Crippen molar-refractivity contribution in [2.24, 2.45) is 0 Å². The molecule has 0 heterocycles. The number of aromatic hydroxyl groups is 2. The SMILES string of the molecule is COc1cc(/C=C/C(=O)c2ccc(O)cc2C)cc(OC)c1OC.COc1ccc(C=CC(=O)c2ccc(O)cc2C)cc1. The van der Waals surface area contributed by atoms with Gasteiger partial charge in [0.2, 0.25) is 5.75 Å². The van der Waals surface area contributed by atoms with Crippen LogP contribution >= 0.6 is 0 Å². The van der Waals surface area contributed by atoms with Crippen LogP contribution in [0.1, 0.15) is 43.0 Å². The molecule has 228 valence electrons. The predicted molar refractivity (Wildman–Crippen MR) is 172 cm³/mol. The Morgan fingerprint density at radius 3 is 1.41 bits per heavy atom. The Labute approximate surface area is 257 Å². The number of benzene rings is 4. The van der Waals surface area contributed by atoms with Crippen molar-refractivity contribution in [1.82, 2.24) is 0 Å². The lowest BCUT2D eigenvalue weighted by Gasteiger charge is -2.12. The molecule has 0 atom stereocenters. The van der Waals surface area contributed by atoms with E-state index in [4.69, 9.17) is 18.9 Å². The fourth-order valence-corrected chi connectivity index (χ4v) is 4.28. The molecular formula is C36H36O8. The van der Waals surface area contributed by atoms with Crippen molar-refractivity contribution in [1.29, 1.82) is 0 Å². The number of hydrogen-bond acceptors (Lipinski definition) is 8. The maximum atomic E-state index is 12.3. The summed E-state index contributed by atoms with van der Waals surface area (Å²) in [6.45, 7) is 3.58. The minimum absolute atomic E-state index is 0.0849. The molecule has 2 N–H and O–H groups in total. The molecule has 0 aliphatic heterocycles. The molecule has 8 nitrogen and oxygen atoms in total. The molecule has 0 aliphatic rings. The van der Waals surface area contributed by atoms with Crippen molar-refractivity contribution in [3.63, 3.8) is 0 Å². The van der Waals surface area contributed by atoms with E-state index in [1.165, 1.54) is 45.6 Å².